The Kier molecular flexibility index (Phi) is 5.04. The summed E-state index contributed by atoms with van der Waals surface area (Å²) in [7, 11) is 0. The van der Waals surface area contributed by atoms with Gasteiger partial charge in [-0.05, 0) is 63.2 Å². The van der Waals surface area contributed by atoms with E-state index in [0.717, 1.165) is 0 Å². The van der Waals surface area contributed by atoms with E-state index in [4.69, 9.17) is 0 Å². The molecular weight excluding hydrogens is 302 g/mol. The molecule has 1 heteroatoms. The minimum atomic E-state index is 1.17. The molecule has 3 rings (SSSR count). The van der Waals surface area contributed by atoms with Gasteiger partial charge in [0.1, 0.15) is 0 Å². The number of benzene rings is 3. The van der Waals surface area contributed by atoms with Crippen LogP contribution < -0.4 is 15.3 Å². The van der Waals surface area contributed by atoms with Crippen molar-refractivity contribution in [2.45, 2.75) is 27.7 Å². The van der Waals surface area contributed by atoms with Crippen LogP contribution in [0.15, 0.2) is 78.9 Å². The second-order valence-electron chi connectivity index (χ2n) is 6.71. The number of nitrogens with zero attached hydrogens (tertiary/aromatic N) is 1. The number of hydrogen-bond donors (Lipinski definition) is 0. The largest absolute Gasteiger partial charge is 0.310 e. The van der Waals surface area contributed by atoms with Gasteiger partial charge in [0.15, 0.2) is 0 Å². The summed E-state index contributed by atoms with van der Waals surface area (Å²) >= 11 is 0. The zero-order chi connectivity index (χ0) is 17.8. The van der Waals surface area contributed by atoms with E-state index in [0.29, 0.717) is 0 Å². The quantitative estimate of drug-likeness (QED) is 0.611. The highest BCUT2D eigenvalue weighted by Gasteiger charge is 2.14. The molecule has 25 heavy (non-hydrogen) atoms. The molecule has 0 heterocycles. The maximum atomic E-state index is 2.34. The molecule has 0 spiro atoms. The van der Waals surface area contributed by atoms with Gasteiger partial charge in [0.05, 0.1) is 5.69 Å². The number of anilines is 3. The Bertz CT molecular complexity index is 922. The first-order valence-corrected chi connectivity index (χ1v) is 8.74. The third kappa shape index (κ3) is 3.51. The smallest absolute Gasteiger partial charge is 0.0539 e. The molecule has 0 bridgehead atoms. The molecule has 3 aromatic rings. The van der Waals surface area contributed by atoms with Crippen molar-refractivity contribution in [1.82, 2.24) is 0 Å². The van der Waals surface area contributed by atoms with Gasteiger partial charge in [-0.15, -0.1) is 0 Å². The average Bonchev–Trinajstić information content (AvgIpc) is 2.63. The fourth-order valence-electron chi connectivity index (χ4n) is 3.25. The second kappa shape index (κ2) is 7.40. The predicted molar refractivity (Wildman–Crippen MR) is 110 cm³/mol. The molecule has 0 fully saturated rings. The Morgan fingerprint density at radius 3 is 1.52 bits per heavy atom. The minimum Gasteiger partial charge on any atom is -0.310 e. The zero-order valence-corrected chi connectivity index (χ0v) is 15.5. The van der Waals surface area contributed by atoms with Crippen LogP contribution in [0.3, 0.4) is 0 Å². The van der Waals surface area contributed by atoms with Crippen molar-refractivity contribution >= 4 is 28.2 Å². The Morgan fingerprint density at radius 2 is 1.08 bits per heavy atom. The first-order chi connectivity index (χ1) is 12.1. The van der Waals surface area contributed by atoms with Crippen molar-refractivity contribution in [3.8, 4) is 0 Å². The molecular formula is C24H25N. The molecule has 0 radical (unpaired) electrons. The van der Waals surface area contributed by atoms with Gasteiger partial charge in [-0.3, -0.25) is 0 Å². The molecule has 0 amide bonds. The van der Waals surface area contributed by atoms with Crippen molar-refractivity contribution in [3.05, 3.63) is 89.3 Å². The Hall–Kier alpha value is -2.80. The molecule has 0 aromatic heterocycles. The van der Waals surface area contributed by atoms with Gasteiger partial charge >= 0.3 is 0 Å². The lowest BCUT2D eigenvalue weighted by atomic mass is 10.1. The Morgan fingerprint density at radius 1 is 0.560 bits per heavy atom. The van der Waals surface area contributed by atoms with Crippen LogP contribution in [0, 0.1) is 0 Å². The zero-order valence-electron chi connectivity index (χ0n) is 15.5. The van der Waals surface area contributed by atoms with E-state index >= 15 is 0 Å². The highest BCUT2D eigenvalue weighted by atomic mass is 15.1. The summed E-state index contributed by atoms with van der Waals surface area (Å²) < 4.78 is 0. The topological polar surface area (TPSA) is 3.24 Å². The molecule has 0 N–H and O–H groups in total. The first kappa shape index (κ1) is 17.0. The van der Waals surface area contributed by atoms with Gasteiger partial charge in [0.2, 0.25) is 0 Å². The van der Waals surface area contributed by atoms with E-state index in [9.17, 15) is 0 Å². The molecule has 1 nitrogen and oxygen atoms in total. The van der Waals surface area contributed by atoms with Crippen LogP contribution in [-0.4, -0.2) is 0 Å². The van der Waals surface area contributed by atoms with E-state index < -0.39 is 0 Å². The summed E-state index contributed by atoms with van der Waals surface area (Å²) in [5, 5.41) is 2.63. The predicted octanol–water partition coefficient (Wildman–Crippen LogP) is 5.54. The van der Waals surface area contributed by atoms with E-state index in [1.165, 1.54) is 38.6 Å². The summed E-state index contributed by atoms with van der Waals surface area (Å²) in [6, 6.07) is 27.7. The van der Waals surface area contributed by atoms with E-state index in [2.05, 4.69) is 111 Å². The van der Waals surface area contributed by atoms with E-state index in [1.807, 2.05) is 0 Å². The third-order valence-electron chi connectivity index (χ3n) is 4.35. The highest BCUT2D eigenvalue weighted by molar-refractivity contribution is 5.78. The van der Waals surface area contributed by atoms with Crippen LogP contribution in [-0.2, 0) is 0 Å². The molecule has 126 valence electrons. The summed E-state index contributed by atoms with van der Waals surface area (Å²) in [6.45, 7) is 8.75. The van der Waals surface area contributed by atoms with Gasteiger partial charge in [0, 0.05) is 16.6 Å². The summed E-state index contributed by atoms with van der Waals surface area (Å²) in [4.78, 5) is 2.34. The van der Waals surface area contributed by atoms with Gasteiger partial charge in [-0.25, -0.2) is 0 Å². The maximum absolute atomic E-state index is 2.34. The SMILES string of the molecule is CC(C)=c1cccc(N(c2ccccc2)c2ccccc2)c1=C(C)C. The van der Waals surface area contributed by atoms with Crippen LogP contribution in [0.1, 0.15) is 27.7 Å². The molecule has 0 atom stereocenters. The van der Waals surface area contributed by atoms with Crippen LogP contribution in [0.25, 0.3) is 11.1 Å². The monoisotopic (exact) mass is 327 g/mol. The lowest BCUT2D eigenvalue weighted by molar-refractivity contribution is 1.24. The molecule has 0 aliphatic rings. The molecule has 0 aliphatic heterocycles. The van der Waals surface area contributed by atoms with E-state index in [1.54, 1.807) is 0 Å². The molecule has 0 aliphatic carbocycles. The molecule has 3 aromatic carbocycles. The summed E-state index contributed by atoms with van der Waals surface area (Å²) in [5.74, 6) is 0. The number of para-hydroxylation sites is 2. The van der Waals surface area contributed by atoms with Crippen LogP contribution >= 0.6 is 0 Å². The Balaban J connectivity index is 2.40. The fraction of sp³-hybridized carbons (Fsp3) is 0.167. The fourth-order valence-corrected chi connectivity index (χ4v) is 3.25. The minimum absolute atomic E-state index is 1.17. The lowest BCUT2D eigenvalue weighted by Crippen LogP contribution is -2.32. The van der Waals surface area contributed by atoms with Gasteiger partial charge in [0.25, 0.3) is 0 Å². The molecule has 0 unspecified atom stereocenters. The standard InChI is InChI=1S/C24H25N/c1-18(2)22-16-11-17-23(24(22)19(3)4)25(20-12-7-5-8-13-20)21-14-9-6-10-15-21/h5-17H,1-4H3. The van der Waals surface area contributed by atoms with E-state index in [-0.39, 0.29) is 0 Å². The Labute approximate surface area is 150 Å². The number of rotatable bonds is 3. The maximum Gasteiger partial charge on any atom is 0.0539 e. The van der Waals surface area contributed by atoms with Crippen LogP contribution in [0.2, 0.25) is 0 Å². The van der Waals surface area contributed by atoms with Crippen molar-refractivity contribution in [1.29, 1.82) is 0 Å². The second-order valence-corrected chi connectivity index (χ2v) is 6.71. The van der Waals surface area contributed by atoms with Crippen molar-refractivity contribution in [3.63, 3.8) is 0 Å². The third-order valence-corrected chi connectivity index (χ3v) is 4.35. The molecule has 0 saturated heterocycles. The van der Waals surface area contributed by atoms with Crippen LogP contribution in [0.4, 0.5) is 17.1 Å². The summed E-state index contributed by atoms with van der Waals surface area (Å²) in [6.07, 6.45) is 0. The summed E-state index contributed by atoms with van der Waals surface area (Å²) in [5.41, 5.74) is 6.21. The molecule has 0 saturated carbocycles. The lowest BCUT2D eigenvalue weighted by Gasteiger charge is -2.26. The van der Waals surface area contributed by atoms with Gasteiger partial charge < -0.3 is 4.90 Å². The van der Waals surface area contributed by atoms with Crippen molar-refractivity contribution in [2.75, 3.05) is 4.90 Å². The van der Waals surface area contributed by atoms with Crippen molar-refractivity contribution < 1.29 is 0 Å². The van der Waals surface area contributed by atoms with Gasteiger partial charge in [-0.1, -0.05) is 59.7 Å². The normalized spacial score (nSPS) is 10.4. The van der Waals surface area contributed by atoms with Gasteiger partial charge in [-0.2, -0.15) is 0 Å². The van der Waals surface area contributed by atoms with Crippen molar-refractivity contribution in [2.24, 2.45) is 0 Å². The highest BCUT2D eigenvalue weighted by Crippen LogP contribution is 2.31. The first-order valence-electron chi connectivity index (χ1n) is 8.74. The number of hydrogen-bond acceptors (Lipinski definition) is 1. The van der Waals surface area contributed by atoms with Crippen LogP contribution in [0.5, 0.6) is 0 Å². The average molecular weight is 327 g/mol.